The van der Waals surface area contributed by atoms with Gasteiger partial charge in [-0.1, -0.05) is 84.9 Å². The molecule has 0 spiro atoms. The van der Waals surface area contributed by atoms with E-state index in [0.29, 0.717) is 0 Å². The Morgan fingerprint density at radius 1 is 1.00 bits per heavy atom. The molecule has 1 aliphatic rings. The van der Waals surface area contributed by atoms with Crippen LogP contribution >= 0.6 is 0 Å². The molecule has 1 fully saturated rings. The summed E-state index contributed by atoms with van der Waals surface area (Å²) < 4.78 is 11.6. The van der Waals surface area contributed by atoms with Crippen molar-refractivity contribution in [2.24, 2.45) is 0 Å². The van der Waals surface area contributed by atoms with Gasteiger partial charge in [-0.2, -0.15) is 0 Å². The molecule has 0 bridgehead atoms. The number of hydrogen-bond acceptors (Lipinski definition) is 5. The lowest BCUT2D eigenvalue weighted by Gasteiger charge is -2.36. The van der Waals surface area contributed by atoms with Crippen molar-refractivity contribution in [2.75, 3.05) is 0 Å². The van der Waals surface area contributed by atoms with E-state index in [-0.39, 0.29) is 6.61 Å². The average Bonchev–Trinajstić information content (AvgIpc) is 3.11. The first-order valence-electron chi connectivity index (χ1n) is 11.7. The Kier molecular flexibility index (Phi) is 6.79. The molecule has 1 N–H and O–H groups in total. The van der Waals surface area contributed by atoms with Gasteiger partial charge in [0.1, 0.15) is 11.6 Å². The second-order valence-electron chi connectivity index (χ2n) is 9.59. The van der Waals surface area contributed by atoms with Crippen LogP contribution in [-0.4, -0.2) is 39.3 Å². The van der Waals surface area contributed by atoms with Gasteiger partial charge >= 0.3 is 6.09 Å². The molecule has 6 heteroatoms. The zero-order valence-corrected chi connectivity index (χ0v) is 20.5. The number of carbonyl (C=O) groups excluding carboxylic acids is 2. The number of carbonyl (C=O) groups is 2. The van der Waals surface area contributed by atoms with Crippen LogP contribution < -0.4 is 0 Å². The number of ether oxygens (including phenoxy) is 2. The Labute approximate surface area is 206 Å². The SMILES string of the molecule is C[C@H](O)[C@](C)(OCc1ccc(-c2ccccc2)cc1)C(=O)N1C(=O)OC(C)(C)[C@@H]1c1ccccc1. The lowest BCUT2D eigenvalue weighted by molar-refractivity contribution is -0.171. The summed E-state index contributed by atoms with van der Waals surface area (Å²) in [5.74, 6) is -0.641. The van der Waals surface area contributed by atoms with Crippen LogP contribution in [0.5, 0.6) is 0 Å². The maximum absolute atomic E-state index is 13.8. The molecule has 4 rings (SSSR count). The van der Waals surface area contributed by atoms with Crippen molar-refractivity contribution in [1.82, 2.24) is 4.90 Å². The maximum Gasteiger partial charge on any atom is 0.417 e. The van der Waals surface area contributed by atoms with Crippen molar-refractivity contribution >= 4 is 12.0 Å². The molecule has 0 unspecified atom stereocenters. The van der Waals surface area contributed by atoms with Crippen LogP contribution in [-0.2, 0) is 20.9 Å². The van der Waals surface area contributed by atoms with Crippen molar-refractivity contribution in [1.29, 1.82) is 0 Å². The smallest absolute Gasteiger partial charge is 0.417 e. The molecular formula is C29H31NO5. The average molecular weight is 474 g/mol. The topological polar surface area (TPSA) is 76.1 Å². The van der Waals surface area contributed by atoms with Gasteiger partial charge in [-0.25, -0.2) is 9.69 Å². The van der Waals surface area contributed by atoms with Gasteiger partial charge in [0, 0.05) is 0 Å². The van der Waals surface area contributed by atoms with E-state index in [4.69, 9.17) is 9.47 Å². The Bertz CT molecular complexity index is 1170. The van der Waals surface area contributed by atoms with E-state index in [2.05, 4.69) is 0 Å². The summed E-state index contributed by atoms with van der Waals surface area (Å²) in [4.78, 5) is 27.8. The predicted molar refractivity (Wildman–Crippen MR) is 133 cm³/mol. The molecule has 0 radical (unpaired) electrons. The molecule has 2 amide bonds. The van der Waals surface area contributed by atoms with Crippen LogP contribution in [0.15, 0.2) is 84.9 Å². The van der Waals surface area contributed by atoms with Gasteiger partial charge in [0.15, 0.2) is 5.60 Å². The summed E-state index contributed by atoms with van der Waals surface area (Å²) in [5.41, 5.74) is 1.17. The first kappa shape index (κ1) is 24.6. The summed E-state index contributed by atoms with van der Waals surface area (Å²) in [6.07, 6.45) is -1.93. The summed E-state index contributed by atoms with van der Waals surface area (Å²) in [7, 11) is 0. The number of amides is 2. The zero-order valence-electron chi connectivity index (χ0n) is 20.5. The highest BCUT2D eigenvalue weighted by Crippen LogP contribution is 2.43. The van der Waals surface area contributed by atoms with Crippen LogP contribution in [0.25, 0.3) is 11.1 Å². The minimum absolute atomic E-state index is 0.0878. The molecule has 35 heavy (non-hydrogen) atoms. The molecule has 0 saturated carbocycles. The number of aliphatic hydroxyl groups excluding tert-OH is 1. The zero-order chi connectivity index (χ0) is 25.2. The second-order valence-corrected chi connectivity index (χ2v) is 9.59. The predicted octanol–water partition coefficient (Wildman–Crippen LogP) is 5.51. The third kappa shape index (κ3) is 4.85. The van der Waals surface area contributed by atoms with E-state index < -0.39 is 35.3 Å². The number of benzene rings is 3. The van der Waals surface area contributed by atoms with Gasteiger partial charge in [0.2, 0.25) is 0 Å². The van der Waals surface area contributed by atoms with Crippen molar-refractivity contribution in [3.63, 3.8) is 0 Å². The highest BCUT2D eigenvalue weighted by atomic mass is 16.6. The van der Waals surface area contributed by atoms with E-state index in [1.807, 2.05) is 84.9 Å². The molecule has 0 aromatic heterocycles. The van der Waals surface area contributed by atoms with Crippen molar-refractivity contribution < 1.29 is 24.2 Å². The molecule has 3 atom stereocenters. The van der Waals surface area contributed by atoms with Crippen LogP contribution in [0.2, 0.25) is 0 Å². The Balaban J connectivity index is 1.57. The van der Waals surface area contributed by atoms with E-state index >= 15 is 0 Å². The third-order valence-electron chi connectivity index (χ3n) is 6.62. The molecule has 1 aliphatic heterocycles. The largest absolute Gasteiger partial charge is 0.440 e. The quantitative estimate of drug-likeness (QED) is 0.490. The number of nitrogens with zero attached hydrogens (tertiary/aromatic N) is 1. The number of rotatable bonds is 7. The minimum atomic E-state index is -1.66. The van der Waals surface area contributed by atoms with Gasteiger partial charge in [-0.05, 0) is 49.9 Å². The fourth-order valence-corrected chi connectivity index (χ4v) is 4.39. The Morgan fingerprint density at radius 2 is 1.54 bits per heavy atom. The maximum atomic E-state index is 13.8. The van der Waals surface area contributed by atoms with Gasteiger partial charge in [-0.15, -0.1) is 0 Å². The monoisotopic (exact) mass is 473 g/mol. The molecule has 1 heterocycles. The Morgan fingerprint density at radius 3 is 2.11 bits per heavy atom. The lowest BCUT2D eigenvalue weighted by Crippen LogP contribution is -2.56. The number of aliphatic hydroxyl groups is 1. The second kappa shape index (κ2) is 9.64. The first-order chi connectivity index (χ1) is 16.6. The standard InChI is InChI=1S/C29H31NO5/c1-20(31)29(4,34-19-21-15-17-23(18-16-21)22-11-7-5-8-12-22)26(32)30-25(24-13-9-6-10-14-24)28(2,3)35-27(30)33/h5-18,20,25,31H,19H2,1-4H3/t20-,25-,29-/m0/s1. The van der Waals surface area contributed by atoms with E-state index in [0.717, 1.165) is 27.2 Å². The third-order valence-corrected chi connectivity index (χ3v) is 6.62. The number of hydrogen-bond donors (Lipinski definition) is 1. The van der Waals surface area contributed by atoms with E-state index in [9.17, 15) is 14.7 Å². The van der Waals surface area contributed by atoms with Crippen LogP contribution in [0.4, 0.5) is 4.79 Å². The van der Waals surface area contributed by atoms with Crippen molar-refractivity contribution in [3.05, 3.63) is 96.1 Å². The summed E-state index contributed by atoms with van der Waals surface area (Å²) in [5, 5.41) is 10.6. The number of imide groups is 1. The Hall–Kier alpha value is -3.48. The van der Waals surface area contributed by atoms with E-state index in [1.165, 1.54) is 13.8 Å². The molecule has 1 saturated heterocycles. The van der Waals surface area contributed by atoms with Crippen molar-refractivity contribution in [3.8, 4) is 11.1 Å². The number of cyclic esters (lactones) is 1. The lowest BCUT2D eigenvalue weighted by atomic mass is 9.89. The molecule has 182 valence electrons. The molecule has 3 aromatic rings. The first-order valence-corrected chi connectivity index (χ1v) is 11.7. The van der Waals surface area contributed by atoms with Crippen LogP contribution in [0.1, 0.15) is 44.9 Å². The summed E-state index contributed by atoms with van der Waals surface area (Å²) in [6, 6.07) is 26.4. The van der Waals surface area contributed by atoms with Gasteiger partial charge in [0.05, 0.1) is 12.7 Å². The van der Waals surface area contributed by atoms with Gasteiger partial charge in [-0.3, -0.25) is 4.79 Å². The van der Waals surface area contributed by atoms with Gasteiger partial charge in [0.25, 0.3) is 5.91 Å². The van der Waals surface area contributed by atoms with Crippen LogP contribution in [0.3, 0.4) is 0 Å². The fourth-order valence-electron chi connectivity index (χ4n) is 4.39. The normalized spacial score (nSPS) is 19.6. The van der Waals surface area contributed by atoms with Crippen molar-refractivity contribution in [2.45, 2.75) is 57.6 Å². The summed E-state index contributed by atoms with van der Waals surface area (Å²) >= 11 is 0. The highest BCUT2D eigenvalue weighted by molar-refractivity contribution is 5.99. The fraction of sp³-hybridized carbons (Fsp3) is 0.310. The van der Waals surface area contributed by atoms with Crippen LogP contribution in [0, 0.1) is 0 Å². The molecule has 0 aliphatic carbocycles. The molecular weight excluding hydrogens is 442 g/mol. The van der Waals surface area contributed by atoms with Gasteiger partial charge < -0.3 is 14.6 Å². The molecule has 6 nitrogen and oxygen atoms in total. The highest BCUT2D eigenvalue weighted by Gasteiger charge is 2.56. The molecule has 3 aromatic carbocycles. The minimum Gasteiger partial charge on any atom is -0.440 e. The van der Waals surface area contributed by atoms with E-state index in [1.54, 1.807) is 13.8 Å². The summed E-state index contributed by atoms with van der Waals surface area (Å²) in [6.45, 7) is 6.62.